The first-order valence-electron chi connectivity index (χ1n) is 5.70. The standard InChI is InChI=1S/C14H20N2O/c1-5-10-15-13(17)14(3,4)16-12-8-6-11(2)7-9-12/h5-9,16H,1,10H2,2-4H3,(H,15,17). The average molecular weight is 232 g/mol. The molecule has 0 unspecified atom stereocenters. The Morgan fingerprint density at radius 1 is 1.35 bits per heavy atom. The molecule has 0 fully saturated rings. The van der Waals surface area contributed by atoms with E-state index in [1.165, 1.54) is 5.56 Å². The van der Waals surface area contributed by atoms with E-state index in [-0.39, 0.29) is 5.91 Å². The second-order valence-corrected chi connectivity index (χ2v) is 4.61. The van der Waals surface area contributed by atoms with E-state index in [9.17, 15) is 4.79 Å². The van der Waals surface area contributed by atoms with Crippen LogP contribution in [0.1, 0.15) is 19.4 Å². The summed E-state index contributed by atoms with van der Waals surface area (Å²) in [4.78, 5) is 11.9. The quantitative estimate of drug-likeness (QED) is 0.766. The summed E-state index contributed by atoms with van der Waals surface area (Å²) in [5, 5.41) is 5.99. The minimum absolute atomic E-state index is 0.0435. The van der Waals surface area contributed by atoms with Crippen molar-refractivity contribution in [3.05, 3.63) is 42.5 Å². The predicted molar refractivity (Wildman–Crippen MR) is 72.1 cm³/mol. The van der Waals surface area contributed by atoms with Gasteiger partial charge in [-0.1, -0.05) is 23.8 Å². The van der Waals surface area contributed by atoms with Crippen LogP contribution in [0.2, 0.25) is 0 Å². The zero-order valence-electron chi connectivity index (χ0n) is 10.7. The van der Waals surface area contributed by atoms with E-state index in [0.717, 1.165) is 5.69 Å². The van der Waals surface area contributed by atoms with Crippen LogP contribution in [0.3, 0.4) is 0 Å². The molecular weight excluding hydrogens is 212 g/mol. The number of aryl methyl sites for hydroxylation is 1. The molecule has 0 aromatic heterocycles. The summed E-state index contributed by atoms with van der Waals surface area (Å²) < 4.78 is 0. The van der Waals surface area contributed by atoms with Crippen LogP contribution < -0.4 is 10.6 Å². The number of anilines is 1. The van der Waals surface area contributed by atoms with Gasteiger partial charge >= 0.3 is 0 Å². The summed E-state index contributed by atoms with van der Waals surface area (Å²) in [6.07, 6.45) is 1.67. The van der Waals surface area contributed by atoms with Gasteiger partial charge in [0.15, 0.2) is 0 Å². The lowest BCUT2D eigenvalue weighted by atomic mass is 10.0. The molecule has 0 bridgehead atoms. The molecule has 92 valence electrons. The third-order valence-corrected chi connectivity index (χ3v) is 2.48. The highest BCUT2D eigenvalue weighted by molar-refractivity contribution is 5.88. The lowest BCUT2D eigenvalue weighted by molar-refractivity contribution is -0.124. The smallest absolute Gasteiger partial charge is 0.245 e. The van der Waals surface area contributed by atoms with Gasteiger partial charge in [-0.3, -0.25) is 4.79 Å². The van der Waals surface area contributed by atoms with Crippen molar-refractivity contribution in [3.63, 3.8) is 0 Å². The largest absolute Gasteiger partial charge is 0.372 e. The fourth-order valence-corrected chi connectivity index (χ4v) is 1.44. The van der Waals surface area contributed by atoms with E-state index in [4.69, 9.17) is 0 Å². The predicted octanol–water partition coefficient (Wildman–Crippen LogP) is 2.49. The molecule has 0 saturated heterocycles. The van der Waals surface area contributed by atoms with Gasteiger partial charge in [-0.25, -0.2) is 0 Å². The van der Waals surface area contributed by atoms with Gasteiger partial charge in [-0.15, -0.1) is 6.58 Å². The third-order valence-electron chi connectivity index (χ3n) is 2.48. The first-order valence-corrected chi connectivity index (χ1v) is 5.70. The van der Waals surface area contributed by atoms with Crippen molar-refractivity contribution < 1.29 is 4.79 Å². The van der Waals surface area contributed by atoms with Crippen LogP contribution in [0.5, 0.6) is 0 Å². The second-order valence-electron chi connectivity index (χ2n) is 4.61. The summed E-state index contributed by atoms with van der Waals surface area (Å²) in [6.45, 7) is 9.80. The highest BCUT2D eigenvalue weighted by Crippen LogP contribution is 2.15. The minimum atomic E-state index is -0.641. The number of benzene rings is 1. The minimum Gasteiger partial charge on any atom is -0.372 e. The van der Waals surface area contributed by atoms with Gasteiger partial charge in [0.1, 0.15) is 5.54 Å². The Morgan fingerprint density at radius 3 is 2.47 bits per heavy atom. The van der Waals surface area contributed by atoms with E-state index >= 15 is 0 Å². The van der Waals surface area contributed by atoms with E-state index < -0.39 is 5.54 Å². The third kappa shape index (κ3) is 3.94. The zero-order valence-corrected chi connectivity index (χ0v) is 10.7. The molecule has 1 aromatic rings. The SMILES string of the molecule is C=CCNC(=O)C(C)(C)Nc1ccc(C)cc1. The van der Waals surface area contributed by atoms with Gasteiger partial charge in [0.25, 0.3) is 0 Å². The van der Waals surface area contributed by atoms with Crippen LogP contribution in [-0.4, -0.2) is 18.0 Å². The zero-order chi connectivity index (χ0) is 12.9. The number of amides is 1. The molecule has 1 rings (SSSR count). The fourth-order valence-electron chi connectivity index (χ4n) is 1.44. The summed E-state index contributed by atoms with van der Waals surface area (Å²) in [5.74, 6) is -0.0435. The summed E-state index contributed by atoms with van der Waals surface area (Å²) in [7, 11) is 0. The first-order chi connectivity index (χ1) is 7.95. The van der Waals surface area contributed by atoms with Crippen LogP contribution in [-0.2, 0) is 4.79 Å². The molecule has 0 radical (unpaired) electrons. The molecule has 2 N–H and O–H groups in total. The van der Waals surface area contributed by atoms with Crippen molar-refractivity contribution in [1.29, 1.82) is 0 Å². The normalized spacial score (nSPS) is 10.8. The van der Waals surface area contributed by atoms with E-state index in [0.29, 0.717) is 6.54 Å². The van der Waals surface area contributed by atoms with Crippen molar-refractivity contribution in [2.45, 2.75) is 26.3 Å². The van der Waals surface area contributed by atoms with Gasteiger partial charge < -0.3 is 10.6 Å². The number of carbonyl (C=O) groups excluding carboxylic acids is 1. The van der Waals surface area contributed by atoms with Gasteiger partial charge in [0.2, 0.25) is 5.91 Å². The number of carbonyl (C=O) groups is 1. The van der Waals surface area contributed by atoms with Crippen molar-refractivity contribution >= 4 is 11.6 Å². The lowest BCUT2D eigenvalue weighted by Crippen LogP contribution is -2.47. The average Bonchev–Trinajstić information content (AvgIpc) is 2.28. The number of nitrogens with one attached hydrogen (secondary N) is 2. The van der Waals surface area contributed by atoms with Crippen LogP contribution in [0.4, 0.5) is 5.69 Å². The molecule has 3 nitrogen and oxygen atoms in total. The maximum atomic E-state index is 11.9. The Hall–Kier alpha value is -1.77. The molecule has 17 heavy (non-hydrogen) atoms. The highest BCUT2D eigenvalue weighted by atomic mass is 16.2. The Kier molecular flexibility index (Phi) is 4.32. The molecule has 0 aliphatic carbocycles. The second kappa shape index (κ2) is 5.53. The maximum absolute atomic E-state index is 11.9. The number of rotatable bonds is 5. The number of hydrogen-bond donors (Lipinski definition) is 2. The number of hydrogen-bond acceptors (Lipinski definition) is 2. The first kappa shape index (κ1) is 13.3. The fraction of sp³-hybridized carbons (Fsp3) is 0.357. The molecule has 1 amide bonds. The maximum Gasteiger partial charge on any atom is 0.245 e. The van der Waals surface area contributed by atoms with E-state index in [1.54, 1.807) is 6.08 Å². The topological polar surface area (TPSA) is 41.1 Å². The van der Waals surface area contributed by atoms with Crippen LogP contribution in [0.15, 0.2) is 36.9 Å². The van der Waals surface area contributed by atoms with Gasteiger partial charge in [-0.05, 0) is 32.9 Å². The Balaban J connectivity index is 2.68. The van der Waals surface area contributed by atoms with Gasteiger partial charge in [0.05, 0.1) is 0 Å². The summed E-state index contributed by atoms with van der Waals surface area (Å²) >= 11 is 0. The van der Waals surface area contributed by atoms with Crippen molar-refractivity contribution in [2.24, 2.45) is 0 Å². The van der Waals surface area contributed by atoms with Crippen molar-refractivity contribution in [1.82, 2.24) is 5.32 Å². The molecule has 0 atom stereocenters. The monoisotopic (exact) mass is 232 g/mol. The van der Waals surface area contributed by atoms with Crippen LogP contribution in [0, 0.1) is 6.92 Å². The van der Waals surface area contributed by atoms with Crippen LogP contribution in [0.25, 0.3) is 0 Å². The molecule has 0 heterocycles. The van der Waals surface area contributed by atoms with Gasteiger partial charge in [0, 0.05) is 12.2 Å². The molecule has 0 aliphatic heterocycles. The van der Waals surface area contributed by atoms with E-state index in [2.05, 4.69) is 17.2 Å². The molecular formula is C14H20N2O. The molecule has 0 saturated carbocycles. The van der Waals surface area contributed by atoms with Crippen LogP contribution >= 0.6 is 0 Å². The molecule has 1 aromatic carbocycles. The Labute approximate surface area is 103 Å². The molecule has 0 aliphatic rings. The van der Waals surface area contributed by atoms with Crippen molar-refractivity contribution in [3.8, 4) is 0 Å². The summed E-state index contributed by atoms with van der Waals surface area (Å²) in [6, 6.07) is 7.97. The molecule has 0 spiro atoms. The molecule has 3 heteroatoms. The Morgan fingerprint density at radius 2 is 1.94 bits per heavy atom. The highest BCUT2D eigenvalue weighted by Gasteiger charge is 2.26. The van der Waals surface area contributed by atoms with E-state index in [1.807, 2.05) is 45.0 Å². The Bertz CT molecular complexity index is 393. The van der Waals surface area contributed by atoms with Crippen molar-refractivity contribution in [2.75, 3.05) is 11.9 Å². The summed E-state index contributed by atoms with van der Waals surface area (Å²) in [5.41, 5.74) is 1.50. The lowest BCUT2D eigenvalue weighted by Gasteiger charge is -2.26. The van der Waals surface area contributed by atoms with Gasteiger partial charge in [-0.2, -0.15) is 0 Å².